The van der Waals surface area contributed by atoms with Crippen molar-refractivity contribution in [3.05, 3.63) is 30.1 Å². The van der Waals surface area contributed by atoms with Gasteiger partial charge in [0.15, 0.2) is 0 Å². The molecule has 0 radical (unpaired) electrons. The van der Waals surface area contributed by atoms with Gasteiger partial charge in [-0.15, -0.1) is 0 Å². The average molecular weight is 206 g/mol. The van der Waals surface area contributed by atoms with Crippen LogP contribution in [0.25, 0.3) is 0 Å². The lowest BCUT2D eigenvalue weighted by atomic mass is 9.86. The summed E-state index contributed by atoms with van der Waals surface area (Å²) in [5.41, 5.74) is 0.795. The summed E-state index contributed by atoms with van der Waals surface area (Å²) in [6.07, 6.45) is 3.73. The second-order valence-corrected chi connectivity index (χ2v) is 3.96. The lowest BCUT2D eigenvalue weighted by molar-refractivity contribution is -0.131. The van der Waals surface area contributed by atoms with Crippen LogP contribution in [0.15, 0.2) is 24.5 Å². The van der Waals surface area contributed by atoms with Gasteiger partial charge in [0.05, 0.1) is 0 Å². The van der Waals surface area contributed by atoms with Crippen LogP contribution in [0.1, 0.15) is 19.4 Å². The number of aldehydes is 1. The molecule has 0 bridgehead atoms. The third-order valence-electron chi connectivity index (χ3n) is 2.25. The van der Waals surface area contributed by atoms with Crippen LogP contribution in [-0.2, 0) is 15.0 Å². The minimum absolute atomic E-state index is 0.229. The Hall–Kier alpha value is -1.71. The van der Waals surface area contributed by atoms with Crippen molar-refractivity contribution in [3.63, 3.8) is 0 Å². The van der Waals surface area contributed by atoms with E-state index in [-0.39, 0.29) is 11.7 Å². The van der Waals surface area contributed by atoms with Crippen molar-refractivity contribution in [3.8, 4) is 0 Å². The number of hydrogen-bond donors (Lipinski definition) is 1. The molecular formula is C11H14N2O2. The van der Waals surface area contributed by atoms with Crippen LogP contribution >= 0.6 is 0 Å². The highest BCUT2D eigenvalue weighted by Gasteiger charge is 2.21. The molecule has 0 aliphatic heterocycles. The minimum Gasteiger partial charge on any atom is -0.349 e. The van der Waals surface area contributed by atoms with Gasteiger partial charge in [-0.05, 0) is 11.6 Å². The first kappa shape index (κ1) is 11.4. The predicted octanol–water partition coefficient (Wildman–Crippen LogP) is 0.674. The first-order valence-corrected chi connectivity index (χ1v) is 4.70. The zero-order valence-corrected chi connectivity index (χ0v) is 8.86. The van der Waals surface area contributed by atoms with Crippen molar-refractivity contribution in [2.75, 3.05) is 6.54 Å². The molecule has 1 aromatic heterocycles. The predicted molar refractivity (Wildman–Crippen MR) is 56.3 cm³/mol. The lowest BCUT2D eigenvalue weighted by Gasteiger charge is -2.24. The molecule has 1 amide bonds. The number of nitrogens with zero attached hydrogens (tertiary/aromatic N) is 1. The number of pyridine rings is 1. The van der Waals surface area contributed by atoms with E-state index >= 15 is 0 Å². The summed E-state index contributed by atoms with van der Waals surface area (Å²) in [6.45, 7) is 4.38. The molecule has 0 aliphatic rings. The molecule has 1 rings (SSSR count). The SMILES string of the molecule is CC(C)(CNC(=O)C=O)c1cccnc1. The number of aromatic nitrogens is 1. The van der Waals surface area contributed by atoms with Crippen LogP contribution in [0.2, 0.25) is 0 Å². The Morgan fingerprint density at radius 2 is 2.33 bits per heavy atom. The molecule has 0 atom stereocenters. The molecule has 80 valence electrons. The van der Waals surface area contributed by atoms with Gasteiger partial charge in [0.1, 0.15) is 0 Å². The molecule has 0 aliphatic carbocycles. The molecule has 0 spiro atoms. The van der Waals surface area contributed by atoms with E-state index in [9.17, 15) is 9.59 Å². The zero-order valence-electron chi connectivity index (χ0n) is 8.86. The van der Waals surface area contributed by atoms with Crippen LogP contribution in [0.3, 0.4) is 0 Å². The van der Waals surface area contributed by atoms with Crippen LogP contribution in [-0.4, -0.2) is 23.7 Å². The van der Waals surface area contributed by atoms with Gasteiger partial charge in [0, 0.05) is 24.4 Å². The fourth-order valence-electron chi connectivity index (χ4n) is 1.21. The molecule has 0 saturated heterocycles. The Labute approximate surface area is 88.7 Å². The smallest absolute Gasteiger partial charge is 0.284 e. The summed E-state index contributed by atoms with van der Waals surface area (Å²) in [5.74, 6) is -0.591. The van der Waals surface area contributed by atoms with Crippen LogP contribution in [0.4, 0.5) is 0 Å². The van der Waals surface area contributed by atoms with E-state index in [4.69, 9.17) is 0 Å². The van der Waals surface area contributed by atoms with E-state index in [1.54, 1.807) is 12.4 Å². The molecule has 1 N–H and O–H groups in total. The summed E-state index contributed by atoms with van der Waals surface area (Å²) >= 11 is 0. The van der Waals surface area contributed by atoms with Gasteiger partial charge >= 0.3 is 0 Å². The first-order chi connectivity index (χ1) is 7.06. The summed E-state index contributed by atoms with van der Waals surface area (Å²) < 4.78 is 0. The third-order valence-corrected chi connectivity index (χ3v) is 2.25. The van der Waals surface area contributed by atoms with Gasteiger partial charge < -0.3 is 5.32 Å². The number of nitrogens with one attached hydrogen (secondary N) is 1. The highest BCUT2D eigenvalue weighted by Crippen LogP contribution is 2.20. The van der Waals surface area contributed by atoms with Crippen molar-refractivity contribution in [1.82, 2.24) is 10.3 Å². The number of rotatable bonds is 4. The summed E-state index contributed by atoms with van der Waals surface area (Å²) in [7, 11) is 0. The Bertz CT molecular complexity index is 347. The number of carbonyl (C=O) groups excluding carboxylic acids is 2. The highest BCUT2D eigenvalue weighted by atomic mass is 16.2. The Kier molecular flexibility index (Phi) is 3.55. The van der Waals surface area contributed by atoms with Crippen LogP contribution < -0.4 is 5.32 Å². The molecule has 0 unspecified atom stereocenters. The van der Waals surface area contributed by atoms with Crippen LogP contribution in [0.5, 0.6) is 0 Å². The number of hydrogen-bond acceptors (Lipinski definition) is 3. The maximum atomic E-state index is 10.8. The van der Waals surface area contributed by atoms with Gasteiger partial charge in [0.25, 0.3) is 5.91 Å². The Morgan fingerprint density at radius 3 is 2.87 bits per heavy atom. The van der Waals surface area contributed by atoms with Gasteiger partial charge in [-0.25, -0.2) is 0 Å². The maximum Gasteiger partial charge on any atom is 0.284 e. The van der Waals surface area contributed by atoms with Crippen molar-refractivity contribution >= 4 is 12.2 Å². The normalized spacial score (nSPS) is 10.8. The van der Waals surface area contributed by atoms with Gasteiger partial charge in [-0.2, -0.15) is 0 Å². The van der Waals surface area contributed by atoms with Crippen LogP contribution in [0, 0.1) is 0 Å². The topological polar surface area (TPSA) is 59.1 Å². The summed E-state index contributed by atoms with van der Waals surface area (Å²) in [4.78, 5) is 24.9. The van der Waals surface area contributed by atoms with Gasteiger partial charge in [0.2, 0.25) is 6.29 Å². The van der Waals surface area contributed by atoms with Crippen molar-refractivity contribution in [2.24, 2.45) is 0 Å². The van der Waals surface area contributed by atoms with E-state index in [2.05, 4.69) is 10.3 Å². The quantitative estimate of drug-likeness (QED) is 0.582. The Morgan fingerprint density at radius 1 is 1.60 bits per heavy atom. The number of carbonyl (C=O) groups is 2. The van der Waals surface area contributed by atoms with E-state index in [0.717, 1.165) is 5.56 Å². The van der Waals surface area contributed by atoms with E-state index in [1.807, 2.05) is 26.0 Å². The van der Waals surface area contributed by atoms with E-state index in [0.29, 0.717) is 6.54 Å². The van der Waals surface area contributed by atoms with Gasteiger partial charge in [-0.3, -0.25) is 14.6 Å². The zero-order chi connectivity index (χ0) is 11.3. The lowest BCUT2D eigenvalue weighted by Crippen LogP contribution is -2.37. The molecule has 1 aromatic rings. The second kappa shape index (κ2) is 4.68. The monoisotopic (exact) mass is 206 g/mol. The molecular weight excluding hydrogens is 192 g/mol. The molecule has 0 saturated carbocycles. The van der Waals surface area contributed by atoms with E-state index in [1.165, 1.54) is 0 Å². The van der Waals surface area contributed by atoms with E-state index < -0.39 is 5.91 Å². The third kappa shape index (κ3) is 3.16. The molecule has 4 nitrogen and oxygen atoms in total. The molecule has 15 heavy (non-hydrogen) atoms. The standard InChI is InChI=1S/C11H14N2O2/c1-11(2,8-13-10(15)7-14)9-4-3-5-12-6-9/h3-7H,8H2,1-2H3,(H,13,15). The largest absolute Gasteiger partial charge is 0.349 e. The van der Waals surface area contributed by atoms with Crippen molar-refractivity contribution in [2.45, 2.75) is 19.3 Å². The first-order valence-electron chi connectivity index (χ1n) is 4.70. The average Bonchev–Trinajstić information content (AvgIpc) is 2.27. The fourth-order valence-corrected chi connectivity index (χ4v) is 1.21. The number of amides is 1. The fraction of sp³-hybridized carbons (Fsp3) is 0.364. The molecule has 0 aromatic carbocycles. The summed E-state index contributed by atoms with van der Waals surface area (Å²) in [5, 5.41) is 2.54. The molecule has 0 fully saturated rings. The second-order valence-electron chi connectivity index (χ2n) is 3.96. The summed E-state index contributed by atoms with van der Waals surface area (Å²) in [6, 6.07) is 3.79. The molecule has 4 heteroatoms. The van der Waals surface area contributed by atoms with Gasteiger partial charge in [-0.1, -0.05) is 19.9 Å². The maximum absolute atomic E-state index is 10.8. The Balaban J connectivity index is 2.67. The molecule has 1 heterocycles. The highest BCUT2D eigenvalue weighted by molar-refractivity contribution is 6.23. The van der Waals surface area contributed by atoms with Crippen molar-refractivity contribution in [1.29, 1.82) is 0 Å². The van der Waals surface area contributed by atoms with Crippen molar-refractivity contribution < 1.29 is 9.59 Å². The minimum atomic E-state index is -0.591.